The molecule has 0 saturated heterocycles. The number of hydrogen-bond donors (Lipinski definition) is 0. The summed E-state index contributed by atoms with van der Waals surface area (Å²) >= 11 is 9.12. The number of thiophene rings is 1. The van der Waals surface area contributed by atoms with Gasteiger partial charge in [-0.05, 0) is 0 Å². The summed E-state index contributed by atoms with van der Waals surface area (Å²) in [6, 6.07) is 0. The molecule has 0 unspecified atom stereocenters. The van der Waals surface area contributed by atoms with Gasteiger partial charge in [0.05, 0.1) is 0 Å². The van der Waals surface area contributed by atoms with E-state index >= 15 is 0 Å². The van der Waals surface area contributed by atoms with Crippen LogP contribution in [0.25, 0.3) is 8.96 Å². The molecule has 0 bridgehead atoms. The van der Waals surface area contributed by atoms with Crippen LogP contribution < -0.4 is 0 Å². The molecule has 0 amide bonds. The molecule has 2 aromatic heterocycles. The van der Waals surface area contributed by atoms with Crippen molar-refractivity contribution in [2.24, 2.45) is 0 Å². The topological polar surface area (TPSA) is 0 Å². The summed E-state index contributed by atoms with van der Waals surface area (Å²) in [5.74, 6) is 0. The van der Waals surface area contributed by atoms with Crippen molar-refractivity contribution in [1.29, 1.82) is 0 Å². The predicted octanol–water partition coefficient (Wildman–Crippen LogP) is 2.75. The van der Waals surface area contributed by atoms with E-state index in [-0.39, 0.29) is 0 Å². The summed E-state index contributed by atoms with van der Waals surface area (Å²) in [4.78, 5) is 0. The third-order valence-electron chi connectivity index (χ3n) is 0.980. The standard InChI is InChI=1S/C5H2S3Se/c6-5-8-3-1-7-2-4(3)9-5/h1-2H. The summed E-state index contributed by atoms with van der Waals surface area (Å²) in [5.41, 5.74) is 0. The van der Waals surface area contributed by atoms with Gasteiger partial charge in [-0.2, -0.15) is 0 Å². The van der Waals surface area contributed by atoms with Gasteiger partial charge in [0.1, 0.15) is 0 Å². The van der Waals surface area contributed by atoms with Crippen molar-refractivity contribution in [3.8, 4) is 0 Å². The number of hydrogen-bond acceptors (Lipinski definition) is 3. The molecule has 0 aliphatic rings. The fourth-order valence-electron chi connectivity index (χ4n) is 0.623. The monoisotopic (exact) mass is 238 g/mol. The van der Waals surface area contributed by atoms with Crippen molar-refractivity contribution in [1.82, 2.24) is 0 Å². The van der Waals surface area contributed by atoms with Crippen LogP contribution >= 0.6 is 34.9 Å². The molecule has 0 aliphatic carbocycles. The minimum absolute atomic E-state index is 0.495. The third-order valence-corrected chi connectivity index (χ3v) is 6.39. The van der Waals surface area contributed by atoms with E-state index in [1.54, 1.807) is 22.7 Å². The van der Waals surface area contributed by atoms with E-state index < -0.39 is 0 Å². The van der Waals surface area contributed by atoms with Crippen LogP contribution in [0, 0.1) is 2.70 Å². The van der Waals surface area contributed by atoms with Crippen molar-refractivity contribution < 1.29 is 0 Å². The van der Waals surface area contributed by atoms with E-state index in [1.807, 2.05) is 0 Å². The maximum absolute atomic E-state index is 5.07. The first-order valence-corrected chi connectivity index (χ1v) is 6.20. The van der Waals surface area contributed by atoms with Gasteiger partial charge in [0.25, 0.3) is 0 Å². The Morgan fingerprint density at radius 1 is 1.44 bits per heavy atom. The van der Waals surface area contributed by atoms with E-state index in [1.165, 1.54) is 11.7 Å². The second-order valence-electron chi connectivity index (χ2n) is 1.55. The fraction of sp³-hybridized carbons (Fsp3) is 0. The Balaban J connectivity index is 3.08. The molecule has 0 aromatic carbocycles. The molecule has 0 aliphatic heterocycles. The number of fused-ring (bicyclic) bond motifs is 1. The fourth-order valence-corrected chi connectivity index (χ4v) is 6.10. The van der Waals surface area contributed by atoms with Gasteiger partial charge in [-0.3, -0.25) is 0 Å². The molecule has 0 saturated carbocycles. The summed E-state index contributed by atoms with van der Waals surface area (Å²) in [5, 5.41) is 4.39. The molecule has 2 heterocycles. The van der Waals surface area contributed by atoms with Crippen LogP contribution in [0.15, 0.2) is 10.8 Å². The Morgan fingerprint density at radius 2 is 2.33 bits per heavy atom. The molecule has 0 nitrogen and oxygen atoms in total. The maximum atomic E-state index is 5.07. The molecule has 46 valence electrons. The molecule has 0 fully saturated rings. The van der Waals surface area contributed by atoms with E-state index in [0.29, 0.717) is 14.5 Å². The van der Waals surface area contributed by atoms with Crippen LogP contribution in [0.5, 0.6) is 0 Å². The molecular formula is C5H2S3Se. The number of rotatable bonds is 0. The van der Waals surface area contributed by atoms with Crippen LogP contribution in [-0.2, 0) is 0 Å². The summed E-state index contributed by atoms with van der Waals surface area (Å²) in [6.07, 6.45) is 0. The van der Waals surface area contributed by atoms with Crippen LogP contribution in [0.3, 0.4) is 0 Å². The normalized spacial score (nSPS) is 10.7. The van der Waals surface area contributed by atoms with Crippen LogP contribution in [-0.4, -0.2) is 14.5 Å². The van der Waals surface area contributed by atoms with E-state index in [2.05, 4.69) is 10.8 Å². The van der Waals surface area contributed by atoms with Crippen molar-refractivity contribution in [2.75, 3.05) is 0 Å². The van der Waals surface area contributed by atoms with Crippen molar-refractivity contribution in [3.05, 3.63) is 13.5 Å². The molecule has 2 rings (SSSR count). The zero-order chi connectivity index (χ0) is 6.27. The van der Waals surface area contributed by atoms with Gasteiger partial charge >= 0.3 is 71.8 Å². The first kappa shape index (κ1) is 6.25. The van der Waals surface area contributed by atoms with Crippen LogP contribution in [0.1, 0.15) is 0 Å². The van der Waals surface area contributed by atoms with Gasteiger partial charge in [0, 0.05) is 0 Å². The zero-order valence-electron chi connectivity index (χ0n) is 4.29. The quantitative estimate of drug-likeness (QED) is 0.501. The second-order valence-corrected chi connectivity index (χ2v) is 7.39. The Hall–Kier alpha value is 0.529. The predicted molar refractivity (Wildman–Crippen MR) is 47.5 cm³/mol. The van der Waals surface area contributed by atoms with Crippen molar-refractivity contribution in [3.63, 3.8) is 0 Å². The van der Waals surface area contributed by atoms with E-state index in [4.69, 9.17) is 12.2 Å². The van der Waals surface area contributed by atoms with Gasteiger partial charge in [-0.15, -0.1) is 0 Å². The molecule has 0 spiro atoms. The third kappa shape index (κ3) is 1.06. The molecule has 0 radical (unpaired) electrons. The van der Waals surface area contributed by atoms with Gasteiger partial charge in [0.15, 0.2) is 0 Å². The Bertz CT molecular complexity index is 335. The molecule has 0 atom stereocenters. The first-order chi connectivity index (χ1) is 4.36. The van der Waals surface area contributed by atoms with Crippen LogP contribution in [0.4, 0.5) is 0 Å². The van der Waals surface area contributed by atoms with Gasteiger partial charge < -0.3 is 0 Å². The average Bonchev–Trinajstić information content (AvgIpc) is 2.22. The molecule has 4 heteroatoms. The van der Waals surface area contributed by atoms with Crippen molar-refractivity contribution >= 4 is 58.4 Å². The van der Waals surface area contributed by atoms with Crippen molar-refractivity contribution in [2.45, 2.75) is 0 Å². The van der Waals surface area contributed by atoms with Gasteiger partial charge in [0.2, 0.25) is 0 Å². The summed E-state index contributed by atoms with van der Waals surface area (Å²) in [6.45, 7) is 0. The van der Waals surface area contributed by atoms with E-state index in [0.717, 1.165) is 0 Å². The molecule has 0 N–H and O–H groups in total. The van der Waals surface area contributed by atoms with Gasteiger partial charge in [-0.25, -0.2) is 0 Å². The first-order valence-electron chi connectivity index (χ1n) is 2.32. The summed E-state index contributed by atoms with van der Waals surface area (Å²) < 4.78 is 4.08. The molecule has 9 heavy (non-hydrogen) atoms. The van der Waals surface area contributed by atoms with Crippen LogP contribution in [0.2, 0.25) is 0 Å². The SMILES string of the molecule is S=c1sc2cscc2[se]1. The minimum atomic E-state index is 0.495. The second kappa shape index (κ2) is 2.29. The molecule has 2 aromatic rings. The Morgan fingerprint density at radius 3 is 3.11 bits per heavy atom. The molecular weight excluding hydrogens is 235 g/mol. The average molecular weight is 237 g/mol. The Labute approximate surface area is 71.5 Å². The van der Waals surface area contributed by atoms with E-state index in [9.17, 15) is 0 Å². The zero-order valence-corrected chi connectivity index (χ0v) is 8.45. The summed E-state index contributed by atoms with van der Waals surface area (Å²) in [7, 11) is 0. The van der Waals surface area contributed by atoms with Gasteiger partial charge in [-0.1, -0.05) is 0 Å². The Kier molecular flexibility index (Phi) is 1.59.